The van der Waals surface area contributed by atoms with Crippen molar-refractivity contribution in [2.24, 2.45) is 0 Å². The molecule has 0 aliphatic heterocycles. The smallest absolute Gasteiger partial charge is 0.234 e. The molecule has 0 unspecified atom stereocenters. The van der Waals surface area contributed by atoms with Gasteiger partial charge in [0, 0.05) is 21.8 Å². The van der Waals surface area contributed by atoms with E-state index in [2.05, 4.69) is 217 Å². The second-order valence-corrected chi connectivity index (χ2v) is 15.9. The maximum atomic E-state index is 5.55. The molecule has 0 fully saturated rings. The van der Waals surface area contributed by atoms with Crippen molar-refractivity contribution < 1.29 is 0 Å². The molecule has 0 saturated heterocycles. The fraction of sp³-hybridized carbons (Fsp3) is 0.0741. The number of aromatic nitrogens is 4. The summed E-state index contributed by atoms with van der Waals surface area (Å²) in [5.41, 5.74) is 16.5. The first-order valence-corrected chi connectivity index (χ1v) is 20.0. The van der Waals surface area contributed by atoms with Crippen LogP contribution in [0.5, 0.6) is 0 Å². The van der Waals surface area contributed by atoms with Crippen LogP contribution in [0, 0.1) is 0 Å². The number of nitrogens with zero attached hydrogens (tertiary/aromatic N) is 4. The lowest BCUT2D eigenvalue weighted by Crippen LogP contribution is -2.17. The molecule has 2 heterocycles. The Labute approximate surface area is 338 Å². The molecule has 0 radical (unpaired) electrons. The molecule has 4 heteroatoms. The maximum absolute atomic E-state index is 5.55. The molecule has 0 bridgehead atoms. The van der Waals surface area contributed by atoms with Gasteiger partial charge in [-0.3, -0.25) is 4.57 Å². The fourth-order valence-electron chi connectivity index (χ4n) is 9.31. The van der Waals surface area contributed by atoms with Gasteiger partial charge in [-0.15, -0.1) is 5.10 Å². The first-order chi connectivity index (χ1) is 28.5. The molecule has 8 aromatic carbocycles. The van der Waals surface area contributed by atoms with E-state index in [0.717, 1.165) is 28.2 Å². The Bertz CT molecular complexity index is 3170. The topological polar surface area (TPSA) is 35.6 Å². The lowest BCUT2D eigenvalue weighted by Gasteiger charge is -2.23. The Hall–Kier alpha value is -7.30. The summed E-state index contributed by atoms with van der Waals surface area (Å²) in [7, 11) is 0. The van der Waals surface area contributed by atoms with E-state index in [1.807, 2.05) is 0 Å². The van der Waals surface area contributed by atoms with E-state index in [-0.39, 0.29) is 5.41 Å². The van der Waals surface area contributed by atoms with Crippen LogP contribution < -0.4 is 0 Å². The Balaban J connectivity index is 1.15. The molecule has 276 valence electrons. The van der Waals surface area contributed by atoms with Crippen molar-refractivity contribution in [1.29, 1.82) is 0 Å². The highest BCUT2D eigenvalue weighted by molar-refractivity contribution is 6.13. The van der Waals surface area contributed by atoms with Gasteiger partial charge in [0.2, 0.25) is 5.95 Å². The third kappa shape index (κ3) is 5.44. The highest BCUT2D eigenvalue weighted by atomic mass is 15.4. The van der Waals surface area contributed by atoms with Crippen molar-refractivity contribution in [3.8, 4) is 61.8 Å². The first kappa shape index (κ1) is 34.0. The maximum Gasteiger partial charge on any atom is 0.234 e. The van der Waals surface area contributed by atoms with Gasteiger partial charge in [0.25, 0.3) is 0 Å². The second-order valence-electron chi connectivity index (χ2n) is 15.9. The molecule has 4 nitrogen and oxygen atoms in total. The third-order valence-corrected chi connectivity index (χ3v) is 12.1. The van der Waals surface area contributed by atoms with E-state index >= 15 is 0 Å². The van der Waals surface area contributed by atoms with Crippen LogP contribution in [0.1, 0.15) is 30.5 Å². The Kier molecular flexibility index (Phi) is 7.87. The lowest BCUT2D eigenvalue weighted by molar-refractivity contribution is 0.653. The van der Waals surface area contributed by atoms with Gasteiger partial charge in [-0.05, 0) is 79.4 Å². The zero-order valence-electron chi connectivity index (χ0n) is 32.5. The van der Waals surface area contributed by atoms with Crippen LogP contribution in [0.25, 0.3) is 83.6 Å². The van der Waals surface area contributed by atoms with E-state index in [1.54, 1.807) is 0 Å². The first-order valence-electron chi connectivity index (χ1n) is 20.0. The van der Waals surface area contributed by atoms with E-state index < -0.39 is 0 Å². The van der Waals surface area contributed by atoms with Gasteiger partial charge in [0.15, 0.2) is 5.82 Å². The zero-order valence-corrected chi connectivity index (χ0v) is 32.5. The van der Waals surface area contributed by atoms with E-state index in [0.29, 0.717) is 12.4 Å². The summed E-state index contributed by atoms with van der Waals surface area (Å²) in [6.45, 7) is 5.26. The van der Waals surface area contributed by atoms with Crippen molar-refractivity contribution >= 4 is 21.8 Å². The van der Waals surface area contributed by atoms with Crippen LogP contribution in [0.4, 0.5) is 0 Å². The molecule has 10 aromatic rings. The largest absolute Gasteiger partial charge is 0.278 e. The van der Waals surface area contributed by atoms with Crippen molar-refractivity contribution in [3.63, 3.8) is 0 Å². The number of hydrogen-bond donors (Lipinski definition) is 0. The van der Waals surface area contributed by atoms with E-state index in [1.165, 1.54) is 66.4 Å². The summed E-state index contributed by atoms with van der Waals surface area (Å²) in [5, 5.41) is 7.85. The van der Waals surface area contributed by atoms with Crippen molar-refractivity contribution in [3.05, 3.63) is 211 Å². The van der Waals surface area contributed by atoms with Gasteiger partial charge in [-0.2, -0.15) is 4.98 Å². The molecular weight excluding hydrogens is 705 g/mol. The minimum Gasteiger partial charge on any atom is -0.278 e. The highest BCUT2D eigenvalue weighted by Gasteiger charge is 2.39. The highest BCUT2D eigenvalue weighted by Crippen LogP contribution is 2.53. The summed E-state index contributed by atoms with van der Waals surface area (Å²) in [4.78, 5) is 5.55. The SMILES string of the molecule is CC1(C)c2ccccc2-c2ccc3c4ccccc4n(-c4nc(-c5cccc(-c6ccccc6)c5)nn4Cc4ccccc4-c4cccc(-c5ccccc5)c4)c3c21. The molecule has 58 heavy (non-hydrogen) atoms. The van der Waals surface area contributed by atoms with Crippen LogP contribution in [0.3, 0.4) is 0 Å². The number of fused-ring (bicyclic) bond motifs is 7. The van der Waals surface area contributed by atoms with Crippen molar-refractivity contribution in [2.75, 3.05) is 0 Å². The van der Waals surface area contributed by atoms with Crippen molar-refractivity contribution in [1.82, 2.24) is 19.3 Å². The number of hydrogen-bond acceptors (Lipinski definition) is 2. The van der Waals surface area contributed by atoms with Gasteiger partial charge in [0.1, 0.15) is 0 Å². The van der Waals surface area contributed by atoms with Gasteiger partial charge in [-0.25, -0.2) is 4.68 Å². The molecular formula is C54H40N4. The normalized spacial score (nSPS) is 12.9. The fourth-order valence-corrected chi connectivity index (χ4v) is 9.31. The van der Waals surface area contributed by atoms with Crippen LogP contribution in [0.15, 0.2) is 194 Å². The van der Waals surface area contributed by atoms with Crippen LogP contribution in [-0.4, -0.2) is 19.3 Å². The van der Waals surface area contributed by atoms with Crippen LogP contribution in [0.2, 0.25) is 0 Å². The average Bonchev–Trinajstić information content (AvgIpc) is 3.92. The molecule has 0 amide bonds. The average molecular weight is 745 g/mol. The van der Waals surface area contributed by atoms with Crippen molar-refractivity contribution in [2.45, 2.75) is 25.8 Å². The summed E-state index contributed by atoms with van der Waals surface area (Å²) < 4.78 is 4.53. The Morgan fingerprint density at radius 3 is 1.81 bits per heavy atom. The molecule has 0 saturated carbocycles. The quantitative estimate of drug-likeness (QED) is 0.163. The molecule has 0 atom stereocenters. The standard InChI is InChI=1S/C54H40N4/c1-54(2)48-29-13-11-27-44(48)46-31-32-47-45-28-12-14-30-49(45)58(51(47)50(46)54)53-55-52(41-25-16-23-39(34-41)37-19-7-4-8-20-37)56-57(53)35-42-21-9-10-26-43(42)40-24-15-22-38(33-40)36-17-5-3-6-18-36/h3-34H,35H2,1-2H3. The molecule has 2 aromatic heterocycles. The molecule has 0 spiro atoms. The predicted octanol–water partition coefficient (Wildman–Crippen LogP) is 13.4. The molecule has 0 N–H and O–H groups in total. The van der Waals surface area contributed by atoms with Gasteiger partial charge in [-0.1, -0.05) is 190 Å². The Morgan fingerprint density at radius 2 is 1.05 bits per heavy atom. The van der Waals surface area contributed by atoms with E-state index in [4.69, 9.17) is 10.1 Å². The Morgan fingerprint density at radius 1 is 0.466 bits per heavy atom. The molecule has 1 aliphatic carbocycles. The lowest BCUT2D eigenvalue weighted by atomic mass is 9.81. The van der Waals surface area contributed by atoms with Crippen LogP contribution >= 0.6 is 0 Å². The number of para-hydroxylation sites is 1. The molecule has 1 aliphatic rings. The number of rotatable bonds is 7. The minimum absolute atomic E-state index is 0.231. The molecule has 11 rings (SSSR count). The van der Waals surface area contributed by atoms with Gasteiger partial charge in [0.05, 0.1) is 17.6 Å². The summed E-state index contributed by atoms with van der Waals surface area (Å²) in [6.07, 6.45) is 0. The summed E-state index contributed by atoms with van der Waals surface area (Å²) in [6, 6.07) is 69.6. The second kappa shape index (κ2) is 13.4. The third-order valence-electron chi connectivity index (χ3n) is 12.1. The van der Waals surface area contributed by atoms with Crippen LogP contribution in [-0.2, 0) is 12.0 Å². The summed E-state index contributed by atoms with van der Waals surface area (Å²) in [5.74, 6) is 1.48. The zero-order chi connectivity index (χ0) is 38.8. The monoisotopic (exact) mass is 744 g/mol. The predicted molar refractivity (Wildman–Crippen MR) is 239 cm³/mol. The van der Waals surface area contributed by atoms with Gasteiger partial charge < -0.3 is 0 Å². The minimum atomic E-state index is -0.231. The number of benzene rings is 8. The van der Waals surface area contributed by atoms with E-state index in [9.17, 15) is 0 Å². The summed E-state index contributed by atoms with van der Waals surface area (Å²) >= 11 is 0. The van der Waals surface area contributed by atoms with Gasteiger partial charge >= 0.3 is 0 Å².